The zero-order chi connectivity index (χ0) is 15.8. The van der Waals surface area contributed by atoms with Gasteiger partial charge in [0.15, 0.2) is 0 Å². The lowest BCUT2D eigenvalue weighted by molar-refractivity contribution is -0.124. The van der Waals surface area contributed by atoms with Crippen LogP contribution in [-0.4, -0.2) is 13.0 Å². The van der Waals surface area contributed by atoms with Gasteiger partial charge in [0.1, 0.15) is 0 Å². The Bertz CT molecular complexity index is 228. The fourth-order valence-corrected chi connectivity index (χ4v) is 2.85. The maximum Gasteiger partial charge on any atom is 0.222 e. The molecule has 1 N–H and O–H groups in total. The molecule has 0 spiro atoms. The molecule has 0 aliphatic carbocycles. The second kappa shape index (κ2) is 15.9. The van der Waals surface area contributed by atoms with Crippen molar-refractivity contribution >= 4 is 5.91 Å². The topological polar surface area (TPSA) is 29.1 Å². The number of hydrogen-bond donors (Lipinski definition) is 1. The van der Waals surface area contributed by atoms with Crippen LogP contribution in [0, 0.1) is 5.92 Å². The van der Waals surface area contributed by atoms with Gasteiger partial charge in [-0.2, -0.15) is 0 Å². The lowest BCUT2D eigenvalue weighted by Crippen LogP contribution is -2.25. The van der Waals surface area contributed by atoms with Crippen molar-refractivity contribution in [2.24, 2.45) is 5.92 Å². The highest BCUT2D eigenvalue weighted by Gasteiger charge is 2.09. The summed E-state index contributed by atoms with van der Waals surface area (Å²) in [5.74, 6) is 0.372. The van der Waals surface area contributed by atoms with Gasteiger partial charge in [-0.3, -0.25) is 4.79 Å². The van der Waals surface area contributed by atoms with Gasteiger partial charge < -0.3 is 5.32 Å². The zero-order valence-electron chi connectivity index (χ0n) is 14.9. The van der Waals surface area contributed by atoms with E-state index in [1.807, 2.05) is 6.92 Å². The Hall–Kier alpha value is -0.530. The molecule has 0 aliphatic heterocycles. The first kappa shape index (κ1) is 20.5. The Balaban J connectivity index is 3.11. The van der Waals surface area contributed by atoms with E-state index in [0.717, 1.165) is 6.42 Å². The van der Waals surface area contributed by atoms with E-state index in [9.17, 15) is 4.79 Å². The molecule has 0 aliphatic rings. The molecule has 2 nitrogen and oxygen atoms in total. The zero-order valence-corrected chi connectivity index (χ0v) is 14.9. The summed E-state index contributed by atoms with van der Waals surface area (Å²) in [7, 11) is 1.72. The molecule has 1 amide bonds. The molecule has 1 unspecified atom stereocenters. The molecule has 126 valence electrons. The van der Waals surface area contributed by atoms with Gasteiger partial charge in [-0.25, -0.2) is 0 Å². The van der Waals surface area contributed by atoms with Crippen molar-refractivity contribution in [2.45, 2.75) is 104 Å². The molecule has 0 aromatic rings. The summed E-state index contributed by atoms with van der Waals surface area (Å²) in [5, 5.41) is 2.72. The molecule has 0 heterocycles. The summed E-state index contributed by atoms with van der Waals surface area (Å²) < 4.78 is 0. The van der Waals surface area contributed by atoms with Crippen molar-refractivity contribution < 1.29 is 4.79 Å². The van der Waals surface area contributed by atoms with Crippen LogP contribution in [-0.2, 0) is 4.79 Å². The first-order chi connectivity index (χ1) is 10.2. The van der Waals surface area contributed by atoms with Crippen LogP contribution in [0.3, 0.4) is 0 Å². The van der Waals surface area contributed by atoms with E-state index in [2.05, 4.69) is 12.2 Å². The smallest absolute Gasteiger partial charge is 0.222 e. The molecule has 2 heteroatoms. The third-order valence-electron chi connectivity index (χ3n) is 4.43. The predicted octanol–water partition coefficient (Wildman–Crippen LogP) is 5.85. The Morgan fingerprint density at radius 2 is 1.14 bits per heavy atom. The lowest BCUT2D eigenvalue weighted by Gasteiger charge is -2.09. The van der Waals surface area contributed by atoms with Crippen molar-refractivity contribution in [3.8, 4) is 0 Å². The normalized spacial score (nSPS) is 12.3. The molecule has 21 heavy (non-hydrogen) atoms. The molecule has 0 aromatic carbocycles. The SMILES string of the molecule is CCCCCCCCCCCCCCCC(C)C(=O)NC. The lowest BCUT2D eigenvalue weighted by atomic mass is 10.0. The van der Waals surface area contributed by atoms with E-state index in [1.54, 1.807) is 7.05 Å². The fourth-order valence-electron chi connectivity index (χ4n) is 2.85. The van der Waals surface area contributed by atoms with Crippen LogP contribution in [0.1, 0.15) is 104 Å². The van der Waals surface area contributed by atoms with Crippen molar-refractivity contribution in [3.63, 3.8) is 0 Å². The van der Waals surface area contributed by atoms with Crippen LogP contribution in [0.2, 0.25) is 0 Å². The van der Waals surface area contributed by atoms with Crippen molar-refractivity contribution in [1.82, 2.24) is 5.32 Å². The van der Waals surface area contributed by atoms with E-state index in [4.69, 9.17) is 0 Å². The number of unbranched alkanes of at least 4 members (excludes halogenated alkanes) is 12. The van der Waals surface area contributed by atoms with E-state index in [1.165, 1.54) is 83.5 Å². The Morgan fingerprint density at radius 1 is 0.762 bits per heavy atom. The number of amides is 1. The number of carbonyl (C=O) groups excluding carboxylic acids is 1. The molecular formula is C19H39NO. The first-order valence-corrected chi connectivity index (χ1v) is 9.44. The molecular weight excluding hydrogens is 258 g/mol. The highest BCUT2D eigenvalue weighted by Crippen LogP contribution is 2.14. The average molecular weight is 298 g/mol. The van der Waals surface area contributed by atoms with Crippen LogP contribution in [0.15, 0.2) is 0 Å². The molecule has 0 rings (SSSR count). The minimum Gasteiger partial charge on any atom is -0.359 e. The highest BCUT2D eigenvalue weighted by atomic mass is 16.1. The van der Waals surface area contributed by atoms with Gasteiger partial charge in [0.25, 0.3) is 0 Å². The summed E-state index contributed by atoms with van der Waals surface area (Å²) in [6.07, 6.45) is 19.0. The second-order valence-corrected chi connectivity index (χ2v) is 6.55. The van der Waals surface area contributed by atoms with Gasteiger partial charge in [-0.15, -0.1) is 0 Å². The van der Waals surface area contributed by atoms with E-state index in [-0.39, 0.29) is 11.8 Å². The van der Waals surface area contributed by atoms with Crippen LogP contribution in [0.4, 0.5) is 0 Å². The summed E-state index contributed by atoms with van der Waals surface area (Å²) >= 11 is 0. The van der Waals surface area contributed by atoms with Crippen molar-refractivity contribution in [1.29, 1.82) is 0 Å². The molecule has 0 saturated carbocycles. The van der Waals surface area contributed by atoms with Crippen LogP contribution >= 0.6 is 0 Å². The van der Waals surface area contributed by atoms with Crippen LogP contribution < -0.4 is 5.32 Å². The molecule has 0 saturated heterocycles. The Labute approximate surface area is 133 Å². The van der Waals surface area contributed by atoms with E-state index < -0.39 is 0 Å². The number of hydrogen-bond acceptors (Lipinski definition) is 1. The van der Waals surface area contributed by atoms with Gasteiger partial charge in [-0.1, -0.05) is 97.3 Å². The van der Waals surface area contributed by atoms with Crippen molar-refractivity contribution in [2.75, 3.05) is 7.05 Å². The maximum atomic E-state index is 11.4. The first-order valence-electron chi connectivity index (χ1n) is 9.44. The second-order valence-electron chi connectivity index (χ2n) is 6.55. The molecule has 0 bridgehead atoms. The molecule has 0 fully saturated rings. The largest absolute Gasteiger partial charge is 0.359 e. The molecule has 0 aromatic heterocycles. The van der Waals surface area contributed by atoms with E-state index >= 15 is 0 Å². The monoisotopic (exact) mass is 297 g/mol. The van der Waals surface area contributed by atoms with Crippen LogP contribution in [0.25, 0.3) is 0 Å². The van der Waals surface area contributed by atoms with Gasteiger partial charge in [0, 0.05) is 13.0 Å². The number of nitrogens with one attached hydrogen (secondary N) is 1. The van der Waals surface area contributed by atoms with Gasteiger partial charge in [-0.05, 0) is 6.42 Å². The fraction of sp³-hybridized carbons (Fsp3) is 0.947. The molecule has 1 atom stereocenters. The van der Waals surface area contributed by atoms with Gasteiger partial charge in [0.2, 0.25) is 5.91 Å². The van der Waals surface area contributed by atoms with Gasteiger partial charge in [0.05, 0.1) is 0 Å². The average Bonchev–Trinajstić information content (AvgIpc) is 2.50. The predicted molar refractivity (Wildman–Crippen MR) is 93.5 cm³/mol. The number of rotatable bonds is 15. The third kappa shape index (κ3) is 14.2. The quantitative estimate of drug-likeness (QED) is 0.377. The summed E-state index contributed by atoms with van der Waals surface area (Å²) in [4.78, 5) is 11.4. The Kier molecular flexibility index (Phi) is 15.5. The molecule has 0 radical (unpaired) electrons. The summed E-state index contributed by atoms with van der Waals surface area (Å²) in [6.45, 7) is 4.30. The van der Waals surface area contributed by atoms with Crippen LogP contribution in [0.5, 0.6) is 0 Å². The van der Waals surface area contributed by atoms with E-state index in [0.29, 0.717) is 0 Å². The summed E-state index contributed by atoms with van der Waals surface area (Å²) in [6, 6.07) is 0. The third-order valence-corrected chi connectivity index (χ3v) is 4.43. The minimum atomic E-state index is 0.183. The summed E-state index contributed by atoms with van der Waals surface area (Å²) in [5.41, 5.74) is 0. The standard InChI is InChI=1S/C19H39NO/c1-4-5-6-7-8-9-10-11-12-13-14-15-16-17-18(2)19(21)20-3/h18H,4-17H2,1-3H3,(H,20,21). The number of carbonyl (C=O) groups is 1. The maximum absolute atomic E-state index is 11.4. The Morgan fingerprint density at radius 3 is 1.52 bits per heavy atom. The minimum absolute atomic E-state index is 0.183. The van der Waals surface area contributed by atoms with Gasteiger partial charge >= 0.3 is 0 Å². The van der Waals surface area contributed by atoms with Crippen molar-refractivity contribution in [3.05, 3.63) is 0 Å². The highest BCUT2D eigenvalue weighted by molar-refractivity contribution is 5.77.